The monoisotopic (exact) mass is 278 g/mol. The predicted octanol–water partition coefficient (Wildman–Crippen LogP) is 1.97. The Labute approximate surface area is 121 Å². The normalized spacial score (nSPS) is 11.5. The van der Waals surface area contributed by atoms with Crippen molar-refractivity contribution < 1.29 is 4.79 Å². The number of aromatic nitrogens is 1. The zero-order chi connectivity index (χ0) is 15.2. The van der Waals surface area contributed by atoms with Crippen molar-refractivity contribution in [3.63, 3.8) is 0 Å². The van der Waals surface area contributed by atoms with Crippen LogP contribution >= 0.6 is 0 Å². The third kappa shape index (κ3) is 4.81. The minimum Gasteiger partial charge on any atom is -0.385 e. The largest absolute Gasteiger partial charge is 0.385 e. The second-order valence-corrected chi connectivity index (χ2v) is 5.75. The van der Waals surface area contributed by atoms with Crippen LogP contribution in [0.2, 0.25) is 0 Å². The zero-order valence-electron chi connectivity index (χ0n) is 13.2. The van der Waals surface area contributed by atoms with Crippen molar-refractivity contribution in [3.05, 3.63) is 24.0 Å². The third-order valence-corrected chi connectivity index (χ3v) is 3.46. The number of anilines is 1. The lowest BCUT2D eigenvalue weighted by Gasteiger charge is -2.32. The number of pyridine rings is 1. The van der Waals surface area contributed by atoms with Crippen molar-refractivity contribution in [1.82, 2.24) is 15.2 Å². The maximum absolute atomic E-state index is 12.1. The summed E-state index contributed by atoms with van der Waals surface area (Å²) in [4.78, 5) is 18.3. The highest BCUT2D eigenvalue weighted by molar-refractivity contribution is 5.93. The van der Waals surface area contributed by atoms with Gasteiger partial charge < -0.3 is 15.5 Å². The first-order valence-corrected chi connectivity index (χ1v) is 7.02. The smallest absolute Gasteiger partial charge is 0.270 e. The Bertz CT molecular complexity index is 443. The fourth-order valence-corrected chi connectivity index (χ4v) is 1.48. The topological polar surface area (TPSA) is 57.3 Å². The van der Waals surface area contributed by atoms with Gasteiger partial charge in [-0.05, 0) is 46.5 Å². The highest BCUT2D eigenvalue weighted by Gasteiger charge is 2.21. The van der Waals surface area contributed by atoms with Crippen LogP contribution < -0.4 is 10.6 Å². The summed E-state index contributed by atoms with van der Waals surface area (Å²) in [7, 11) is 4.00. The van der Waals surface area contributed by atoms with Gasteiger partial charge in [-0.2, -0.15) is 0 Å². The number of carbonyl (C=O) groups is 1. The second-order valence-electron chi connectivity index (χ2n) is 5.75. The van der Waals surface area contributed by atoms with Crippen molar-refractivity contribution in [2.75, 3.05) is 32.5 Å². The zero-order valence-corrected chi connectivity index (χ0v) is 13.2. The molecule has 1 rings (SSSR count). The lowest BCUT2D eigenvalue weighted by Crippen LogP contribution is -2.48. The Hall–Kier alpha value is -1.62. The first kappa shape index (κ1) is 16.4. The maximum atomic E-state index is 12.1. The first-order valence-electron chi connectivity index (χ1n) is 7.02. The van der Waals surface area contributed by atoms with Crippen LogP contribution in [-0.4, -0.2) is 48.5 Å². The van der Waals surface area contributed by atoms with E-state index in [0.717, 1.165) is 18.7 Å². The molecule has 0 aliphatic heterocycles. The summed E-state index contributed by atoms with van der Waals surface area (Å²) in [5.41, 5.74) is 1.29. The summed E-state index contributed by atoms with van der Waals surface area (Å²) < 4.78 is 0. The number of nitrogens with one attached hydrogen (secondary N) is 2. The number of hydrogen-bond donors (Lipinski definition) is 2. The molecule has 2 N–H and O–H groups in total. The average Bonchev–Trinajstić information content (AvgIpc) is 2.42. The van der Waals surface area contributed by atoms with Crippen molar-refractivity contribution in [2.45, 2.75) is 32.7 Å². The number of nitrogens with zero attached hydrogens (tertiary/aromatic N) is 2. The second kappa shape index (κ2) is 7.24. The van der Waals surface area contributed by atoms with Gasteiger partial charge >= 0.3 is 0 Å². The van der Waals surface area contributed by atoms with Gasteiger partial charge in [0.05, 0.1) is 0 Å². The Morgan fingerprint density at radius 3 is 2.70 bits per heavy atom. The highest BCUT2D eigenvalue weighted by Crippen LogP contribution is 2.10. The van der Waals surface area contributed by atoms with Gasteiger partial charge in [0.25, 0.3) is 5.91 Å². The van der Waals surface area contributed by atoms with Crippen LogP contribution in [0.15, 0.2) is 18.3 Å². The standard InChI is InChI=1S/C15H26N4O/c1-6-8-16-12-7-9-17-13(10-12)14(20)18-11-15(2,3)19(4)5/h7,9-10H,6,8,11H2,1-5H3,(H,16,17)(H,18,20). The lowest BCUT2D eigenvalue weighted by molar-refractivity contribution is 0.0915. The van der Waals surface area contributed by atoms with Crippen LogP contribution in [-0.2, 0) is 0 Å². The van der Waals surface area contributed by atoms with Crippen LogP contribution in [0.3, 0.4) is 0 Å². The third-order valence-electron chi connectivity index (χ3n) is 3.46. The number of carbonyl (C=O) groups excluding carboxylic acids is 1. The van der Waals surface area contributed by atoms with Crippen molar-refractivity contribution >= 4 is 11.6 Å². The molecule has 0 saturated carbocycles. The summed E-state index contributed by atoms with van der Waals surface area (Å²) >= 11 is 0. The van der Waals surface area contributed by atoms with Crippen LogP contribution in [0.4, 0.5) is 5.69 Å². The van der Waals surface area contributed by atoms with Gasteiger partial charge in [0.1, 0.15) is 5.69 Å². The van der Waals surface area contributed by atoms with Crippen molar-refractivity contribution in [1.29, 1.82) is 0 Å². The lowest BCUT2D eigenvalue weighted by atomic mass is 10.0. The molecular weight excluding hydrogens is 252 g/mol. The van der Waals surface area contributed by atoms with E-state index in [9.17, 15) is 4.79 Å². The van der Waals surface area contributed by atoms with E-state index in [-0.39, 0.29) is 11.4 Å². The summed E-state index contributed by atoms with van der Waals surface area (Å²) in [6.45, 7) is 7.73. The molecule has 0 aliphatic rings. The Kier molecular flexibility index (Phi) is 5.95. The SMILES string of the molecule is CCCNc1ccnc(C(=O)NCC(C)(C)N(C)C)c1. The van der Waals surface area contributed by atoms with Gasteiger partial charge in [-0.3, -0.25) is 9.78 Å². The molecule has 5 heteroatoms. The molecule has 20 heavy (non-hydrogen) atoms. The summed E-state index contributed by atoms with van der Waals surface area (Å²) in [5.74, 6) is -0.139. The molecule has 5 nitrogen and oxygen atoms in total. The van der Waals surface area contributed by atoms with E-state index in [1.165, 1.54) is 0 Å². The van der Waals surface area contributed by atoms with E-state index in [2.05, 4.69) is 41.3 Å². The fraction of sp³-hybridized carbons (Fsp3) is 0.600. The van der Waals surface area contributed by atoms with Crippen LogP contribution in [0.25, 0.3) is 0 Å². The molecule has 1 aromatic rings. The van der Waals surface area contributed by atoms with E-state index < -0.39 is 0 Å². The number of hydrogen-bond acceptors (Lipinski definition) is 4. The van der Waals surface area contributed by atoms with Crippen LogP contribution in [0.1, 0.15) is 37.7 Å². The molecule has 1 heterocycles. The predicted molar refractivity (Wildman–Crippen MR) is 83.1 cm³/mol. The van der Waals surface area contributed by atoms with E-state index in [1.807, 2.05) is 20.2 Å². The van der Waals surface area contributed by atoms with E-state index in [0.29, 0.717) is 12.2 Å². The first-order chi connectivity index (χ1) is 9.36. The molecule has 1 amide bonds. The quantitative estimate of drug-likeness (QED) is 0.800. The average molecular weight is 278 g/mol. The molecule has 0 spiro atoms. The molecule has 0 unspecified atom stereocenters. The van der Waals surface area contributed by atoms with E-state index in [4.69, 9.17) is 0 Å². The molecule has 0 aliphatic carbocycles. The minimum atomic E-state index is -0.139. The Morgan fingerprint density at radius 1 is 1.40 bits per heavy atom. The molecular formula is C15H26N4O. The van der Waals surface area contributed by atoms with E-state index in [1.54, 1.807) is 12.3 Å². The molecule has 1 aromatic heterocycles. The number of likely N-dealkylation sites (N-methyl/N-ethyl adjacent to an activating group) is 1. The van der Waals surface area contributed by atoms with Gasteiger partial charge in [0.2, 0.25) is 0 Å². The van der Waals surface area contributed by atoms with Gasteiger partial charge in [-0.1, -0.05) is 6.92 Å². The van der Waals surface area contributed by atoms with Gasteiger partial charge in [-0.25, -0.2) is 0 Å². The summed E-state index contributed by atoms with van der Waals surface area (Å²) in [6.07, 6.45) is 2.70. The Balaban J connectivity index is 2.63. The Morgan fingerprint density at radius 2 is 2.10 bits per heavy atom. The van der Waals surface area contributed by atoms with Gasteiger partial charge in [0.15, 0.2) is 0 Å². The summed E-state index contributed by atoms with van der Waals surface area (Å²) in [5, 5.41) is 6.18. The maximum Gasteiger partial charge on any atom is 0.270 e. The van der Waals surface area contributed by atoms with Crippen LogP contribution in [0.5, 0.6) is 0 Å². The fourth-order valence-electron chi connectivity index (χ4n) is 1.48. The van der Waals surface area contributed by atoms with Crippen LogP contribution in [0, 0.1) is 0 Å². The molecule has 0 radical (unpaired) electrons. The molecule has 112 valence electrons. The van der Waals surface area contributed by atoms with Gasteiger partial charge in [-0.15, -0.1) is 0 Å². The molecule has 0 saturated heterocycles. The van der Waals surface area contributed by atoms with Gasteiger partial charge in [0, 0.05) is 30.5 Å². The number of rotatable bonds is 7. The van der Waals surface area contributed by atoms with Crippen molar-refractivity contribution in [2.24, 2.45) is 0 Å². The number of amides is 1. The highest BCUT2D eigenvalue weighted by atomic mass is 16.1. The minimum absolute atomic E-state index is 0.0896. The summed E-state index contributed by atoms with van der Waals surface area (Å²) in [6, 6.07) is 3.66. The van der Waals surface area contributed by atoms with E-state index >= 15 is 0 Å². The molecule has 0 fully saturated rings. The molecule has 0 bridgehead atoms. The molecule has 0 atom stereocenters. The molecule has 0 aromatic carbocycles. The van der Waals surface area contributed by atoms with Crippen molar-refractivity contribution in [3.8, 4) is 0 Å².